The molecule has 6 amide bonds. The number of carbonyl (C=O) groups is 7. The van der Waals surface area contributed by atoms with E-state index in [0.29, 0.717) is 5.69 Å². The van der Waals surface area contributed by atoms with Crippen molar-refractivity contribution in [3.05, 3.63) is 18.2 Å². The van der Waals surface area contributed by atoms with E-state index in [0.717, 1.165) is 0 Å². The van der Waals surface area contributed by atoms with Gasteiger partial charge in [0.15, 0.2) is 5.96 Å². The van der Waals surface area contributed by atoms with Gasteiger partial charge in [-0.15, -0.1) is 0 Å². The lowest BCUT2D eigenvalue weighted by Gasteiger charge is -2.25. The Kier molecular flexibility index (Phi) is 18.3. The van der Waals surface area contributed by atoms with Crippen molar-refractivity contribution in [2.45, 2.75) is 76.7 Å². The number of aromatic amines is 1. The summed E-state index contributed by atoms with van der Waals surface area (Å²) in [5.74, 6) is -6.27. The standard InChI is InChI=1S/C28H48N12O9/c1-14(2)7-19(26(48)35-10-20(42)34-12-22(44)45)39-27(49)23(15(3)41)40-21(43)11-36-25(47)18(5-4-6-33-28(30)31)38-24(46)17(29)8-16-9-32-13-37-16/h9,13-15,17-19,23,41H,4-8,10-12,29H2,1-3H3,(H,32,37)(H,34,42)(H,35,48)(H,36,47)(H,38,46)(H,39,49)(H,40,43)(H,44,45)(H4,30,31,33)/t15-,17+,18+,19+,23+/m1/s1. The zero-order valence-corrected chi connectivity index (χ0v) is 27.7. The first-order chi connectivity index (χ1) is 23.0. The average molecular weight is 697 g/mol. The predicted molar refractivity (Wildman–Crippen MR) is 174 cm³/mol. The molecule has 1 aromatic rings. The Balaban J connectivity index is 2.86. The lowest BCUT2D eigenvalue weighted by molar-refractivity contribution is -0.138. The summed E-state index contributed by atoms with van der Waals surface area (Å²) in [6.45, 7) is 3.06. The number of nitrogens with one attached hydrogen (secondary N) is 7. The van der Waals surface area contributed by atoms with Gasteiger partial charge in [0.1, 0.15) is 24.7 Å². The molecule has 0 unspecified atom stereocenters. The van der Waals surface area contributed by atoms with Crippen LogP contribution in [0.1, 0.15) is 45.7 Å². The highest BCUT2D eigenvalue weighted by Gasteiger charge is 2.31. The van der Waals surface area contributed by atoms with Crippen LogP contribution in [-0.4, -0.2) is 124 Å². The van der Waals surface area contributed by atoms with Crippen LogP contribution in [0.4, 0.5) is 0 Å². The molecule has 21 nitrogen and oxygen atoms in total. The van der Waals surface area contributed by atoms with E-state index in [2.05, 4.69) is 46.9 Å². The number of hydrogen-bond acceptors (Lipinski definition) is 11. The van der Waals surface area contributed by atoms with Crippen molar-refractivity contribution in [2.24, 2.45) is 28.1 Å². The minimum atomic E-state index is -1.55. The van der Waals surface area contributed by atoms with Crippen LogP contribution in [0, 0.1) is 5.92 Å². The maximum Gasteiger partial charge on any atom is 0.322 e. The first-order valence-electron chi connectivity index (χ1n) is 15.4. The number of aliphatic carboxylic acids is 1. The summed E-state index contributed by atoms with van der Waals surface area (Å²) in [5.41, 5.74) is 17.3. The highest BCUT2D eigenvalue weighted by molar-refractivity contribution is 5.95. The molecular weight excluding hydrogens is 648 g/mol. The number of aliphatic imine (C=N–C) groups is 1. The molecule has 0 fully saturated rings. The van der Waals surface area contributed by atoms with E-state index in [-0.39, 0.29) is 44.1 Å². The number of rotatable bonds is 22. The molecule has 1 rings (SSSR count). The molecule has 21 heteroatoms. The first-order valence-corrected chi connectivity index (χ1v) is 15.4. The molecule has 0 saturated carbocycles. The normalized spacial score (nSPS) is 13.8. The number of aliphatic hydroxyl groups excluding tert-OH is 1. The predicted octanol–water partition coefficient (Wildman–Crippen LogP) is -5.35. The van der Waals surface area contributed by atoms with Crippen LogP contribution >= 0.6 is 0 Å². The lowest BCUT2D eigenvalue weighted by Crippen LogP contribution is -2.59. The first kappa shape index (κ1) is 41.7. The fourth-order valence-corrected chi connectivity index (χ4v) is 4.19. The highest BCUT2D eigenvalue weighted by Crippen LogP contribution is 2.07. The fourth-order valence-electron chi connectivity index (χ4n) is 4.19. The van der Waals surface area contributed by atoms with Crippen molar-refractivity contribution in [3.8, 4) is 0 Å². The molecule has 15 N–H and O–H groups in total. The van der Waals surface area contributed by atoms with Gasteiger partial charge in [0.2, 0.25) is 35.4 Å². The van der Waals surface area contributed by atoms with Gasteiger partial charge in [-0.05, 0) is 32.1 Å². The Bertz CT molecular complexity index is 1300. The third-order valence-corrected chi connectivity index (χ3v) is 6.61. The number of aliphatic hydroxyl groups is 1. The number of carboxylic acids is 1. The molecule has 0 spiro atoms. The van der Waals surface area contributed by atoms with E-state index in [1.54, 1.807) is 13.8 Å². The van der Waals surface area contributed by atoms with Gasteiger partial charge in [0.25, 0.3) is 0 Å². The number of H-pyrrole nitrogens is 1. The Morgan fingerprint density at radius 3 is 2.02 bits per heavy atom. The summed E-state index contributed by atoms with van der Waals surface area (Å²) >= 11 is 0. The van der Waals surface area contributed by atoms with Gasteiger partial charge in [-0.2, -0.15) is 0 Å². The van der Waals surface area contributed by atoms with E-state index in [1.165, 1.54) is 19.4 Å². The molecule has 0 aliphatic carbocycles. The van der Waals surface area contributed by atoms with Crippen LogP contribution in [0.15, 0.2) is 17.5 Å². The zero-order chi connectivity index (χ0) is 37.1. The van der Waals surface area contributed by atoms with Gasteiger partial charge in [0, 0.05) is 24.9 Å². The Morgan fingerprint density at radius 2 is 1.47 bits per heavy atom. The maximum atomic E-state index is 13.1. The summed E-state index contributed by atoms with van der Waals surface area (Å²) in [4.78, 5) is 97.3. The third-order valence-electron chi connectivity index (χ3n) is 6.61. The van der Waals surface area contributed by atoms with Crippen molar-refractivity contribution in [1.29, 1.82) is 0 Å². The molecule has 1 heterocycles. The van der Waals surface area contributed by atoms with E-state index < -0.39 is 91.3 Å². The molecule has 49 heavy (non-hydrogen) atoms. The third kappa shape index (κ3) is 17.4. The van der Waals surface area contributed by atoms with E-state index in [1.807, 2.05) is 0 Å². The number of nitrogens with zero attached hydrogens (tertiary/aromatic N) is 2. The van der Waals surface area contributed by atoms with E-state index in [9.17, 15) is 38.7 Å². The van der Waals surface area contributed by atoms with Crippen molar-refractivity contribution in [2.75, 3.05) is 26.2 Å². The maximum absolute atomic E-state index is 13.1. The van der Waals surface area contributed by atoms with Crippen LogP contribution in [-0.2, 0) is 40.0 Å². The number of amides is 6. The number of imidazole rings is 1. The van der Waals surface area contributed by atoms with E-state index >= 15 is 0 Å². The number of aromatic nitrogens is 2. The van der Waals surface area contributed by atoms with Crippen molar-refractivity contribution in [3.63, 3.8) is 0 Å². The SMILES string of the molecule is CC(C)C[C@H](NC(=O)[C@@H](NC(=O)CNC(=O)[C@H](CCCN=C(N)N)NC(=O)[C@@H](N)Cc1cnc[nH]1)[C@@H](C)O)C(=O)NCC(=O)NCC(=O)O. The second-order valence-corrected chi connectivity index (χ2v) is 11.5. The minimum absolute atomic E-state index is 0.0754. The summed E-state index contributed by atoms with van der Waals surface area (Å²) in [6.07, 6.45) is 2.07. The van der Waals surface area contributed by atoms with Gasteiger partial charge in [-0.25, -0.2) is 4.98 Å². The van der Waals surface area contributed by atoms with Crippen LogP contribution < -0.4 is 49.1 Å². The molecule has 0 aliphatic heterocycles. The Morgan fingerprint density at radius 1 is 0.857 bits per heavy atom. The van der Waals surface area contributed by atoms with E-state index in [4.69, 9.17) is 22.3 Å². The van der Waals surface area contributed by atoms with Gasteiger partial charge in [-0.3, -0.25) is 38.6 Å². The molecule has 0 saturated heterocycles. The molecular formula is C28H48N12O9. The summed E-state index contributed by atoms with van der Waals surface area (Å²) in [5, 5.41) is 33.0. The smallest absolute Gasteiger partial charge is 0.322 e. The largest absolute Gasteiger partial charge is 0.480 e. The topological polar surface area (TPSA) is 351 Å². The number of hydrogen-bond donors (Lipinski definition) is 12. The number of nitrogens with two attached hydrogens (primary N) is 3. The zero-order valence-electron chi connectivity index (χ0n) is 27.7. The molecule has 0 aliphatic rings. The van der Waals surface area contributed by atoms with Crippen LogP contribution in [0.2, 0.25) is 0 Å². The monoisotopic (exact) mass is 696 g/mol. The van der Waals surface area contributed by atoms with Gasteiger partial charge < -0.3 is 64.3 Å². The quantitative estimate of drug-likeness (QED) is 0.0306. The number of guanidine groups is 1. The summed E-state index contributed by atoms with van der Waals surface area (Å²) in [7, 11) is 0. The van der Waals surface area contributed by atoms with Crippen molar-refractivity contribution in [1.82, 2.24) is 41.9 Å². The van der Waals surface area contributed by atoms with Crippen LogP contribution in [0.5, 0.6) is 0 Å². The highest BCUT2D eigenvalue weighted by atomic mass is 16.4. The Labute approximate surface area is 282 Å². The average Bonchev–Trinajstić information content (AvgIpc) is 3.53. The van der Waals surface area contributed by atoms with Gasteiger partial charge in [0.05, 0.1) is 31.6 Å². The Hall–Kier alpha value is -5.31. The molecule has 274 valence electrons. The number of carboxylic acid groups (broad SMARTS) is 1. The molecule has 0 radical (unpaired) electrons. The molecule has 1 aromatic heterocycles. The molecule has 0 bridgehead atoms. The van der Waals surface area contributed by atoms with Crippen LogP contribution in [0.25, 0.3) is 0 Å². The molecule has 0 aromatic carbocycles. The second-order valence-electron chi connectivity index (χ2n) is 11.5. The van der Waals surface area contributed by atoms with Gasteiger partial charge >= 0.3 is 5.97 Å². The van der Waals surface area contributed by atoms with Crippen LogP contribution in [0.3, 0.4) is 0 Å². The minimum Gasteiger partial charge on any atom is -0.480 e. The van der Waals surface area contributed by atoms with Crippen molar-refractivity contribution < 1.29 is 43.8 Å². The van der Waals surface area contributed by atoms with Gasteiger partial charge in [-0.1, -0.05) is 13.8 Å². The fraction of sp³-hybridized carbons (Fsp3) is 0.607. The van der Waals surface area contributed by atoms with Crippen molar-refractivity contribution >= 4 is 47.4 Å². The summed E-state index contributed by atoms with van der Waals surface area (Å²) in [6, 6.07) is -4.90. The number of carbonyl (C=O) groups excluding carboxylic acids is 6. The second kappa shape index (κ2) is 21.5. The lowest BCUT2D eigenvalue weighted by atomic mass is 10.0. The molecule has 5 atom stereocenters. The summed E-state index contributed by atoms with van der Waals surface area (Å²) < 4.78 is 0.